The Hall–Kier alpha value is 0.350. The van der Waals surface area contributed by atoms with Gasteiger partial charge in [-0.05, 0) is 0 Å². The number of hydrogen-bond donors (Lipinski definition) is 0. The van der Waals surface area contributed by atoms with E-state index >= 15 is 0 Å². The molecule has 0 aromatic carbocycles. The zero-order chi connectivity index (χ0) is 14.8. The standard InChI is InChI=1S/C17H37O2P/c1-4-6-7-8-9-10-11-12-13-14-15-16-17-20(3,5-2)18-19-20/h4-17H2,1-3H3. The van der Waals surface area contributed by atoms with Crippen LogP contribution in [0.3, 0.4) is 0 Å². The Balaban J connectivity index is 1.77. The number of unbranched alkanes of at least 4 members (excludes halogenated alkanes) is 11. The van der Waals surface area contributed by atoms with Gasteiger partial charge in [-0.3, -0.25) is 0 Å². The van der Waals surface area contributed by atoms with Crippen molar-refractivity contribution in [2.45, 2.75) is 90.9 Å². The molecule has 122 valence electrons. The average molecular weight is 304 g/mol. The minimum absolute atomic E-state index is 1.09. The van der Waals surface area contributed by atoms with E-state index in [4.69, 9.17) is 9.35 Å². The Morgan fingerprint density at radius 3 is 1.35 bits per heavy atom. The molecule has 0 bridgehead atoms. The summed E-state index contributed by atoms with van der Waals surface area (Å²) in [5.74, 6) is 0. The molecule has 0 radical (unpaired) electrons. The van der Waals surface area contributed by atoms with Crippen LogP contribution in [0.25, 0.3) is 0 Å². The van der Waals surface area contributed by atoms with Gasteiger partial charge in [0, 0.05) is 0 Å². The van der Waals surface area contributed by atoms with Gasteiger partial charge in [-0.2, -0.15) is 0 Å². The molecule has 1 heterocycles. The molecule has 0 aromatic heterocycles. The molecular weight excluding hydrogens is 267 g/mol. The minimum atomic E-state index is -1.99. The van der Waals surface area contributed by atoms with Crippen molar-refractivity contribution in [3.8, 4) is 0 Å². The Morgan fingerprint density at radius 2 is 1.00 bits per heavy atom. The van der Waals surface area contributed by atoms with Crippen LogP contribution < -0.4 is 0 Å². The third kappa shape index (κ3) is 7.38. The van der Waals surface area contributed by atoms with Crippen LogP contribution in [-0.4, -0.2) is 19.0 Å². The molecule has 1 saturated heterocycles. The molecule has 0 spiro atoms. The van der Waals surface area contributed by atoms with Crippen LogP contribution in [0.15, 0.2) is 0 Å². The van der Waals surface area contributed by atoms with Crippen molar-refractivity contribution in [3.63, 3.8) is 0 Å². The second-order valence-corrected chi connectivity index (χ2v) is 11.9. The van der Waals surface area contributed by atoms with Gasteiger partial charge in [-0.1, -0.05) is 13.3 Å². The van der Waals surface area contributed by atoms with Crippen LogP contribution in [0, 0.1) is 0 Å². The summed E-state index contributed by atoms with van der Waals surface area (Å²) < 4.78 is 10.7. The first-order valence-corrected chi connectivity index (χ1v) is 11.9. The van der Waals surface area contributed by atoms with Gasteiger partial charge in [0.2, 0.25) is 0 Å². The number of hydrogen-bond acceptors (Lipinski definition) is 2. The molecule has 1 rings (SSSR count). The second kappa shape index (κ2) is 9.38. The molecule has 0 N–H and O–H groups in total. The molecule has 20 heavy (non-hydrogen) atoms. The molecule has 0 unspecified atom stereocenters. The molecule has 0 amide bonds. The van der Waals surface area contributed by atoms with Crippen molar-refractivity contribution >= 4 is 7.06 Å². The summed E-state index contributed by atoms with van der Waals surface area (Å²) in [5.41, 5.74) is 0. The van der Waals surface area contributed by atoms with Crippen LogP contribution in [0.1, 0.15) is 90.9 Å². The quantitative estimate of drug-likeness (QED) is 0.155. The third-order valence-corrected chi connectivity index (χ3v) is 8.72. The van der Waals surface area contributed by atoms with Crippen LogP contribution in [0.5, 0.6) is 0 Å². The number of rotatable bonds is 14. The summed E-state index contributed by atoms with van der Waals surface area (Å²) in [6.07, 6.45) is 19.2. The van der Waals surface area contributed by atoms with Gasteiger partial charge in [-0.25, -0.2) is 0 Å². The normalized spacial score (nSPS) is 21.2. The SMILES string of the molecule is CCCCCCCCCCCCCCP1(C)(CC)OO1. The van der Waals surface area contributed by atoms with Crippen LogP contribution in [-0.2, 0) is 9.35 Å². The molecule has 1 fully saturated rings. The van der Waals surface area contributed by atoms with Crippen molar-refractivity contribution in [2.24, 2.45) is 0 Å². The maximum absolute atomic E-state index is 5.36. The zero-order valence-corrected chi connectivity index (χ0v) is 15.1. The van der Waals surface area contributed by atoms with E-state index in [0.717, 1.165) is 6.16 Å². The van der Waals surface area contributed by atoms with E-state index in [1.165, 1.54) is 83.2 Å². The van der Waals surface area contributed by atoms with E-state index in [1.54, 1.807) is 0 Å². The van der Waals surface area contributed by atoms with E-state index in [9.17, 15) is 0 Å². The second-order valence-electron chi connectivity index (χ2n) is 6.89. The zero-order valence-electron chi connectivity index (χ0n) is 14.2. The van der Waals surface area contributed by atoms with Gasteiger partial charge < -0.3 is 0 Å². The fourth-order valence-electron chi connectivity index (χ4n) is 2.77. The molecule has 3 heteroatoms. The van der Waals surface area contributed by atoms with Crippen molar-refractivity contribution in [1.82, 2.24) is 0 Å². The predicted molar refractivity (Wildman–Crippen MR) is 91.5 cm³/mol. The van der Waals surface area contributed by atoms with Crippen molar-refractivity contribution < 1.29 is 9.35 Å². The average Bonchev–Trinajstić information content (AvgIpc) is 3.15. The predicted octanol–water partition coefficient (Wildman–Crippen LogP) is 6.68. The summed E-state index contributed by atoms with van der Waals surface area (Å²) in [6.45, 7) is 6.71. The van der Waals surface area contributed by atoms with Gasteiger partial charge in [-0.15, -0.1) is 0 Å². The Morgan fingerprint density at radius 1 is 0.600 bits per heavy atom. The molecule has 0 aromatic rings. The van der Waals surface area contributed by atoms with Gasteiger partial charge in [0.1, 0.15) is 0 Å². The first-order chi connectivity index (χ1) is 9.63. The van der Waals surface area contributed by atoms with Crippen LogP contribution >= 0.6 is 7.06 Å². The maximum atomic E-state index is 5.36. The van der Waals surface area contributed by atoms with Crippen molar-refractivity contribution in [2.75, 3.05) is 19.0 Å². The summed E-state index contributed by atoms with van der Waals surface area (Å²) in [6, 6.07) is 0. The van der Waals surface area contributed by atoms with Gasteiger partial charge in [0.25, 0.3) is 0 Å². The fraction of sp³-hybridized carbons (Fsp3) is 1.00. The summed E-state index contributed by atoms with van der Waals surface area (Å²) in [5, 5.41) is 0. The molecular formula is C17H37O2P. The molecule has 0 aliphatic carbocycles. The van der Waals surface area contributed by atoms with E-state index in [1.807, 2.05) is 0 Å². The Kier molecular flexibility index (Phi) is 8.63. The van der Waals surface area contributed by atoms with Crippen LogP contribution in [0.4, 0.5) is 0 Å². The Labute approximate surface area is 127 Å². The third-order valence-electron chi connectivity index (χ3n) is 4.81. The van der Waals surface area contributed by atoms with E-state index in [2.05, 4.69) is 20.5 Å². The molecule has 1 aliphatic rings. The summed E-state index contributed by atoms with van der Waals surface area (Å²) >= 11 is 0. The van der Waals surface area contributed by atoms with Crippen molar-refractivity contribution in [3.05, 3.63) is 0 Å². The van der Waals surface area contributed by atoms with Crippen LogP contribution in [0.2, 0.25) is 0 Å². The molecule has 1 aliphatic heterocycles. The van der Waals surface area contributed by atoms with Gasteiger partial charge >= 0.3 is 113 Å². The van der Waals surface area contributed by atoms with E-state index in [-0.39, 0.29) is 0 Å². The van der Waals surface area contributed by atoms with Gasteiger partial charge in [0.05, 0.1) is 0 Å². The molecule has 2 nitrogen and oxygen atoms in total. The first-order valence-electron chi connectivity index (χ1n) is 9.03. The van der Waals surface area contributed by atoms with Gasteiger partial charge in [0.15, 0.2) is 0 Å². The topological polar surface area (TPSA) is 25.1 Å². The molecule has 0 atom stereocenters. The monoisotopic (exact) mass is 304 g/mol. The van der Waals surface area contributed by atoms with E-state index < -0.39 is 7.06 Å². The molecule has 0 saturated carbocycles. The summed E-state index contributed by atoms with van der Waals surface area (Å²) in [7, 11) is -1.99. The Bertz CT molecular complexity index is 251. The fourth-order valence-corrected chi connectivity index (χ4v) is 5.11. The van der Waals surface area contributed by atoms with E-state index in [0.29, 0.717) is 0 Å². The van der Waals surface area contributed by atoms with Crippen molar-refractivity contribution in [1.29, 1.82) is 0 Å². The first kappa shape index (κ1) is 18.4. The summed E-state index contributed by atoms with van der Waals surface area (Å²) in [4.78, 5) is 0.